The van der Waals surface area contributed by atoms with E-state index in [1.54, 1.807) is 31.2 Å². The van der Waals surface area contributed by atoms with Gasteiger partial charge < -0.3 is 14.6 Å². The Labute approximate surface area is 299 Å². The molecule has 0 bridgehead atoms. The predicted molar refractivity (Wildman–Crippen MR) is 179 cm³/mol. The van der Waals surface area contributed by atoms with Gasteiger partial charge in [-0.3, -0.25) is 4.90 Å². The summed E-state index contributed by atoms with van der Waals surface area (Å²) < 4.78 is 120. The average Bonchev–Trinajstić information content (AvgIpc) is 3.59. The minimum atomic E-state index is -5.05. The highest BCUT2D eigenvalue weighted by molar-refractivity contribution is 7.93. The number of nitrogens with zero attached hydrogens (tertiary/aromatic N) is 4. The third-order valence-electron chi connectivity index (χ3n) is 9.45. The van der Waals surface area contributed by atoms with Crippen molar-refractivity contribution in [3.8, 4) is 28.0 Å². The van der Waals surface area contributed by atoms with Gasteiger partial charge in [0, 0.05) is 29.4 Å². The lowest BCUT2D eigenvalue weighted by Crippen LogP contribution is -2.36. The second-order valence-corrected chi connectivity index (χ2v) is 14.9. The minimum Gasteiger partial charge on any atom is -0.496 e. The summed E-state index contributed by atoms with van der Waals surface area (Å²) in [6, 6.07) is 8.55. The minimum absolute atomic E-state index is 0.0762. The van der Waals surface area contributed by atoms with E-state index in [9.17, 15) is 49.5 Å². The Morgan fingerprint density at radius 3 is 2.42 bits per heavy atom. The number of carboxylic acids is 1. The van der Waals surface area contributed by atoms with Crippen LogP contribution in [0.3, 0.4) is 0 Å². The maximum Gasteiger partial charge on any atom is 0.412 e. The molecule has 53 heavy (non-hydrogen) atoms. The summed E-state index contributed by atoms with van der Waals surface area (Å²) in [7, 11) is -2.37. The van der Waals surface area contributed by atoms with Crippen LogP contribution in [0.15, 0.2) is 65.9 Å². The smallest absolute Gasteiger partial charge is 0.412 e. The van der Waals surface area contributed by atoms with Gasteiger partial charge in [0.25, 0.3) is 0 Å². The monoisotopic (exact) mass is 766 g/mol. The highest BCUT2D eigenvalue weighted by Crippen LogP contribution is 2.44. The van der Waals surface area contributed by atoms with Gasteiger partial charge in [0.05, 0.1) is 42.6 Å². The van der Waals surface area contributed by atoms with Crippen LogP contribution in [0, 0.1) is 12.8 Å². The first-order chi connectivity index (χ1) is 24.8. The van der Waals surface area contributed by atoms with Crippen molar-refractivity contribution in [3.63, 3.8) is 0 Å². The number of amides is 1. The zero-order valence-electron chi connectivity index (χ0n) is 28.3. The van der Waals surface area contributed by atoms with Crippen LogP contribution in [-0.2, 0) is 21.3 Å². The number of allylic oxidation sites excluding steroid dienone is 2. The van der Waals surface area contributed by atoms with Crippen LogP contribution in [0.25, 0.3) is 22.3 Å². The lowest BCUT2D eigenvalue weighted by atomic mass is 9.86. The first-order valence-corrected chi connectivity index (χ1v) is 17.8. The molecular formula is C35H32F6N4O7S. The Bertz CT molecular complexity index is 2150. The molecule has 3 aromatic rings. The molecule has 18 heteroatoms. The van der Waals surface area contributed by atoms with Crippen LogP contribution < -0.4 is 9.04 Å². The summed E-state index contributed by atoms with van der Waals surface area (Å²) in [5, 5.41) is 9.42. The van der Waals surface area contributed by atoms with E-state index in [2.05, 4.69) is 9.97 Å². The molecule has 11 nitrogen and oxygen atoms in total. The van der Waals surface area contributed by atoms with Gasteiger partial charge in [0.1, 0.15) is 11.9 Å². The molecule has 2 saturated heterocycles. The molecule has 1 amide bonds. The number of halogens is 6. The van der Waals surface area contributed by atoms with E-state index >= 15 is 0 Å². The number of methoxy groups -OCH3 is 1. The number of anilines is 1. The quantitative estimate of drug-likeness (QED) is 0.239. The number of rotatable bonds is 8. The first kappa shape index (κ1) is 37.6. The number of carboxylic acid groups (broad SMARTS) is 1. The Balaban J connectivity index is 1.43. The highest BCUT2D eigenvalue weighted by atomic mass is 32.2. The molecule has 0 saturated carbocycles. The van der Waals surface area contributed by atoms with Gasteiger partial charge in [-0.1, -0.05) is 18.2 Å². The number of aryl methyl sites for hydroxylation is 1. The molecule has 0 spiro atoms. The summed E-state index contributed by atoms with van der Waals surface area (Å²) >= 11 is 0. The number of cyclic esters (lactones) is 1. The van der Waals surface area contributed by atoms with Crippen LogP contribution in [0.5, 0.6) is 5.75 Å². The Kier molecular flexibility index (Phi) is 9.72. The number of hydrogen-bond acceptors (Lipinski definition) is 8. The standard InChI is InChI=1S/C35H32F6N4O7S/c1-18-11-21(31(46)47)5-7-25(18)20-6-8-29(51-3)26(14-20)27-16-42-32(45-9-4-10-53(45,49)50)43-28(27)17-44-19(2)30(52-33(44)48)22-12-23(34(36,37)38)15-24(13-22)35(39,40)41/h5-8,11-14,16,19,23,30H,4,9-10,15,17H2,1-3H3,(H,46,47)/t19-,23?,30-/m0/s1. The number of aromatic nitrogens is 2. The third kappa shape index (κ3) is 7.41. The number of aromatic carboxylic acids is 1. The molecule has 6 rings (SSSR count). The van der Waals surface area contributed by atoms with Crippen molar-refractivity contribution in [2.45, 2.75) is 57.7 Å². The van der Waals surface area contributed by atoms with E-state index in [1.165, 1.54) is 32.4 Å². The molecule has 1 aliphatic carbocycles. The molecule has 1 aromatic heterocycles. The predicted octanol–water partition coefficient (Wildman–Crippen LogP) is 7.07. The fourth-order valence-corrected chi connectivity index (χ4v) is 8.14. The average molecular weight is 767 g/mol. The van der Waals surface area contributed by atoms with Gasteiger partial charge in [-0.2, -0.15) is 26.3 Å². The van der Waals surface area contributed by atoms with Gasteiger partial charge >= 0.3 is 24.4 Å². The van der Waals surface area contributed by atoms with E-state index in [-0.39, 0.29) is 35.1 Å². The van der Waals surface area contributed by atoms with Crippen molar-refractivity contribution in [2.75, 3.05) is 23.7 Å². The fraction of sp³-hybridized carbons (Fsp3) is 0.371. The number of sulfonamides is 1. The molecule has 3 atom stereocenters. The second kappa shape index (κ2) is 13.7. The summed E-state index contributed by atoms with van der Waals surface area (Å²) in [6.45, 7) is 2.80. The summed E-state index contributed by atoms with van der Waals surface area (Å²) in [4.78, 5) is 34.9. The topological polar surface area (TPSA) is 139 Å². The van der Waals surface area contributed by atoms with Crippen LogP contribution in [-0.4, -0.2) is 84.4 Å². The van der Waals surface area contributed by atoms with Gasteiger partial charge in [-0.15, -0.1) is 0 Å². The lowest BCUT2D eigenvalue weighted by Gasteiger charge is -2.28. The Hall–Kier alpha value is -5.13. The van der Waals surface area contributed by atoms with Crippen LogP contribution >= 0.6 is 0 Å². The fourth-order valence-electron chi connectivity index (χ4n) is 6.69. The number of benzene rings is 2. The number of carbonyl (C=O) groups excluding carboxylic acids is 1. The zero-order chi connectivity index (χ0) is 38.6. The van der Waals surface area contributed by atoms with Gasteiger partial charge in [0.2, 0.25) is 16.0 Å². The normalized spacial score (nSPS) is 21.7. The summed E-state index contributed by atoms with van der Waals surface area (Å²) in [6.07, 6.45) is -11.1. The summed E-state index contributed by atoms with van der Waals surface area (Å²) in [5.41, 5.74) is 0.869. The molecule has 2 aromatic carbocycles. The van der Waals surface area contributed by atoms with E-state index in [0.29, 0.717) is 46.6 Å². The maximum absolute atomic E-state index is 13.7. The summed E-state index contributed by atoms with van der Waals surface area (Å²) in [5.74, 6) is -3.60. The van der Waals surface area contributed by atoms with Crippen molar-refractivity contribution >= 4 is 28.0 Å². The molecule has 282 valence electrons. The van der Waals surface area contributed by atoms with Crippen LogP contribution in [0.1, 0.15) is 41.4 Å². The number of carbonyl (C=O) groups is 2. The van der Waals surface area contributed by atoms with E-state index in [4.69, 9.17) is 9.47 Å². The SMILES string of the molecule is COc1ccc(-c2ccc(C(=O)O)cc2C)cc1-c1cnc(N2CCCS2(=O)=O)nc1CN1C(=O)O[C@H](C2=CC(C(F)(F)F)CC(C(F)(F)F)=C2)[C@@H]1C. The second-order valence-electron chi connectivity index (χ2n) is 12.9. The van der Waals surface area contributed by atoms with E-state index in [1.807, 2.05) is 0 Å². The molecule has 2 aliphatic heterocycles. The van der Waals surface area contributed by atoms with Crippen molar-refractivity contribution in [1.29, 1.82) is 0 Å². The number of alkyl halides is 6. The molecular weight excluding hydrogens is 734 g/mol. The lowest BCUT2D eigenvalue weighted by molar-refractivity contribution is -0.166. The van der Waals surface area contributed by atoms with Crippen molar-refractivity contribution in [1.82, 2.24) is 14.9 Å². The van der Waals surface area contributed by atoms with Crippen molar-refractivity contribution < 1.29 is 58.9 Å². The Morgan fingerprint density at radius 1 is 1.08 bits per heavy atom. The maximum atomic E-state index is 13.7. The van der Waals surface area contributed by atoms with Crippen LogP contribution in [0.4, 0.5) is 37.1 Å². The molecule has 1 N–H and O–H groups in total. The molecule has 0 radical (unpaired) electrons. The van der Waals surface area contributed by atoms with Gasteiger partial charge in [0.15, 0.2) is 0 Å². The molecule has 1 unspecified atom stereocenters. The van der Waals surface area contributed by atoms with Crippen LogP contribution in [0.2, 0.25) is 0 Å². The van der Waals surface area contributed by atoms with Gasteiger partial charge in [-0.05, 0) is 79.3 Å². The largest absolute Gasteiger partial charge is 0.496 e. The van der Waals surface area contributed by atoms with Crippen molar-refractivity contribution in [2.24, 2.45) is 5.92 Å². The van der Waals surface area contributed by atoms with Crippen molar-refractivity contribution in [3.05, 3.63) is 82.7 Å². The number of ether oxygens (including phenoxy) is 2. The third-order valence-corrected chi connectivity index (χ3v) is 11.3. The molecule has 3 aliphatic rings. The molecule has 2 fully saturated rings. The first-order valence-electron chi connectivity index (χ1n) is 16.2. The van der Waals surface area contributed by atoms with E-state index < -0.39 is 76.6 Å². The molecule has 3 heterocycles. The Morgan fingerprint density at radius 2 is 1.81 bits per heavy atom. The number of hydrogen-bond donors (Lipinski definition) is 1. The van der Waals surface area contributed by atoms with Gasteiger partial charge in [-0.25, -0.2) is 32.3 Å². The van der Waals surface area contributed by atoms with E-state index in [0.717, 1.165) is 9.21 Å². The zero-order valence-corrected chi connectivity index (χ0v) is 29.1. The highest BCUT2D eigenvalue weighted by Gasteiger charge is 2.49.